The Hall–Kier alpha value is -6.37. The quantitative estimate of drug-likeness (QED) is 0.159. The van der Waals surface area contributed by atoms with E-state index >= 15 is 8.78 Å². The van der Waals surface area contributed by atoms with Gasteiger partial charge >= 0.3 is 0 Å². The molecular weight excluding hydrogens is 914 g/mol. The van der Waals surface area contributed by atoms with Gasteiger partial charge in [0.25, 0.3) is 11.5 Å². The number of piperazine rings is 1. The molecule has 2 N–H and O–H groups in total. The van der Waals surface area contributed by atoms with Crippen molar-refractivity contribution in [3.05, 3.63) is 117 Å². The number of likely N-dealkylation sites (tertiary alicyclic amines) is 2. The highest BCUT2D eigenvalue weighted by molar-refractivity contribution is 6.13. The Morgan fingerprint density at radius 3 is 2.17 bits per heavy atom. The number of fused-ring (bicyclic) bond motifs is 2. The molecular formula is C53H61F3N10O5. The fraction of sp³-hybridized carbons (Fsp3) is 0.472. The Bertz CT molecular complexity index is 2960. The van der Waals surface area contributed by atoms with Crippen LogP contribution in [0.15, 0.2) is 65.7 Å². The molecule has 3 aromatic heterocycles. The summed E-state index contributed by atoms with van der Waals surface area (Å²) in [7, 11) is 3.45. The number of nitrogens with one attached hydrogen (secondary N) is 2. The minimum atomic E-state index is -0.796. The van der Waals surface area contributed by atoms with Crippen LogP contribution in [0.2, 0.25) is 0 Å². The van der Waals surface area contributed by atoms with Crippen LogP contribution in [-0.2, 0) is 39.9 Å². The lowest BCUT2D eigenvalue weighted by Gasteiger charge is -2.39. The predicted molar refractivity (Wildman–Crippen MR) is 263 cm³/mol. The smallest absolute Gasteiger partial charge is 0.257 e. The second-order valence-corrected chi connectivity index (χ2v) is 20.6. The van der Waals surface area contributed by atoms with Crippen molar-refractivity contribution in [1.29, 1.82) is 0 Å². The molecule has 5 aromatic rings. The minimum absolute atomic E-state index is 0.0338. The Morgan fingerprint density at radius 1 is 0.789 bits per heavy atom. The average molecular weight is 975 g/mol. The van der Waals surface area contributed by atoms with E-state index in [0.717, 1.165) is 74.6 Å². The zero-order valence-electron chi connectivity index (χ0n) is 40.8. The highest BCUT2D eigenvalue weighted by Gasteiger charge is 2.49. The summed E-state index contributed by atoms with van der Waals surface area (Å²) < 4.78 is 49.6. The number of hydrogen-bond donors (Lipinski definition) is 2. The standard InChI is InChI=1S/C53H61F3N10O5/c1-53(2)38-23-33(5-6-44(38)66(52(53)71)45-7-8-46(67)59-50(45)69)29-63-21-19-62(20-22-63)28-32-10-17-64(18-11-32)51(70)35-24-39(54)48(40(55)25-35)34-12-15-61(16-13-34)30-36-26-37-43(9-14-58-49(37)60(36)4)65-31-41(56)42(57-3)27-47(65)68/h5-6,9,14,23-27,31-32,34,45,57H,7-8,10-13,15-22,28-30H2,1-4H3,(H,59,67,69)/t45-/m0/s1. The van der Waals surface area contributed by atoms with Gasteiger partial charge in [-0.3, -0.25) is 48.6 Å². The first kappa shape index (κ1) is 48.3. The van der Waals surface area contributed by atoms with E-state index in [9.17, 15) is 28.4 Å². The largest absolute Gasteiger partial charge is 0.386 e. The van der Waals surface area contributed by atoms with Gasteiger partial charge in [0.15, 0.2) is 5.82 Å². The van der Waals surface area contributed by atoms with Crippen LogP contribution in [0.3, 0.4) is 0 Å². The maximum atomic E-state index is 15.9. The molecule has 0 saturated carbocycles. The summed E-state index contributed by atoms with van der Waals surface area (Å²) in [5, 5.41) is 5.78. The number of carbonyl (C=O) groups excluding carboxylic acids is 4. The number of pyridine rings is 2. The molecule has 5 aliphatic rings. The van der Waals surface area contributed by atoms with E-state index in [2.05, 4.69) is 36.4 Å². The molecule has 0 bridgehead atoms. The average Bonchev–Trinajstić information content (AvgIpc) is 3.77. The fourth-order valence-electron chi connectivity index (χ4n) is 11.6. The highest BCUT2D eigenvalue weighted by atomic mass is 19.1. The van der Waals surface area contributed by atoms with Gasteiger partial charge in [0, 0.05) is 120 Å². The zero-order valence-corrected chi connectivity index (χ0v) is 40.8. The van der Waals surface area contributed by atoms with E-state index in [1.807, 2.05) is 43.7 Å². The number of hydrogen-bond acceptors (Lipinski definition) is 10. The van der Waals surface area contributed by atoms with Gasteiger partial charge in [-0.15, -0.1) is 0 Å². The second kappa shape index (κ2) is 19.3. The van der Waals surface area contributed by atoms with Gasteiger partial charge in [-0.05, 0) is 112 Å². The second-order valence-electron chi connectivity index (χ2n) is 20.6. The van der Waals surface area contributed by atoms with Crippen molar-refractivity contribution < 1.29 is 32.3 Å². The van der Waals surface area contributed by atoms with Crippen LogP contribution in [0.1, 0.15) is 91.0 Å². The van der Waals surface area contributed by atoms with E-state index in [1.54, 1.807) is 29.1 Å². The number of carbonyl (C=O) groups is 4. The van der Waals surface area contributed by atoms with Crippen LogP contribution in [0.25, 0.3) is 16.7 Å². The third-order valence-corrected chi connectivity index (χ3v) is 15.8. The lowest BCUT2D eigenvalue weighted by atomic mass is 9.85. The van der Waals surface area contributed by atoms with E-state index in [1.165, 1.54) is 29.0 Å². The summed E-state index contributed by atoms with van der Waals surface area (Å²) in [4.78, 5) is 79.7. The van der Waals surface area contributed by atoms with E-state index in [0.29, 0.717) is 74.6 Å². The summed E-state index contributed by atoms with van der Waals surface area (Å²) in [5.74, 6) is -3.08. The van der Waals surface area contributed by atoms with Crippen LogP contribution in [0, 0.1) is 23.4 Å². The van der Waals surface area contributed by atoms with Crippen molar-refractivity contribution in [3.8, 4) is 5.69 Å². The normalized spacial score (nSPS) is 20.8. The number of aryl methyl sites for hydroxylation is 1. The molecule has 71 heavy (non-hydrogen) atoms. The van der Waals surface area contributed by atoms with Gasteiger partial charge in [-0.1, -0.05) is 12.1 Å². The zero-order chi connectivity index (χ0) is 49.9. The maximum Gasteiger partial charge on any atom is 0.257 e. The third kappa shape index (κ3) is 9.25. The highest BCUT2D eigenvalue weighted by Crippen LogP contribution is 2.44. The SMILES string of the molecule is CNc1cc(=O)n(-c2ccnc3c2cc(CN2CCC(c4c(F)cc(C(=O)N5CCC(CN6CCN(Cc7ccc8c(c7)C(C)(C)C(=O)N8[C@H]7CCC(=O)NC7=O)CC6)CC5)cc4F)CC2)n3C)cc1F. The number of imide groups is 1. The number of benzene rings is 2. The van der Waals surface area contributed by atoms with Gasteiger partial charge in [0.2, 0.25) is 17.7 Å². The molecule has 4 fully saturated rings. The molecule has 0 aliphatic carbocycles. The molecule has 374 valence electrons. The molecule has 15 nitrogen and oxygen atoms in total. The molecule has 0 unspecified atom stereocenters. The maximum absolute atomic E-state index is 15.9. The number of anilines is 2. The van der Waals surface area contributed by atoms with Crippen molar-refractivity contribution in [2.24, 2.45) is 13.0 Å². The molecule has 0 radical (unpaired) electrons. The number of rotatable bonds is 11. The van der Waals surface area contributed by atoms with Crippen LogP contribution in [-0.4, -0.2) is 129 Å². The van der Waals surface area contributed by atoms with Gasteiger partial charge in [0.1, 0.15) is 23.3 Å². The van der Waals surface area contributed by atoms with Crippen molar-refractivity contribution in [3.63, 3.8) is 0 Å². The van der Waals surface area contributed by atoms with Gasteiger partial charge in [-0.2, -0.15) is 0 Å². The van der Waals surface area contributed by atoms with Crippen molar-refractivity contribution in [2.45, 2.75) is 82.8 Å². The lowest BCUT2D eigenvalue weighted by Crippen LogP contribution is -2.55. The summed E-state index contributed by atoms with van der Waals surface area (Å²) in [6.45, 7) is 11.8. The first-order chi connectivity index (χ1) is 34.1. The number of halogens is 3. The van der Waals surface area contributed by atoms with Crippen molar-refractivity contribution in [1.82, 2.24) is 39.0 Å². The van der Waals surface area contributed by atoms with Crippen LogP contribution < -0.4 is 21.1 Å². The lowest BCUT2D eigenvalue weighted by molar-refractivity contribution is -0.136. The Labute approximate surface area is 410 Å². The number of piperidine rings is 3. The van der Waals surface area contributed by atoms with Gasteiger partial charge in [0.05, 0.1) is 23.0 Å². The molecule has 0 spiro atoms. The molecule has 2 aromatic carbocycles. The van der Waals surface area contributed by atoms with Gasteiger partial charge < -0.3 is 19.7 Å². The molecule has 4 saturated heterocycles. The van der Waals surface area contributed by atoms with Crippen LogP contribution in [0.5, 0.6) is 0 Å². The topological polar surface area (TPSA) is 148 Å². The molecule has 10 rings (SSSR count). The van der Waals surface area contributed by atoms with E-state index < -0.39 is 34.8 Å². The molecule has 1 atom stereocenters. The number of nitrogens with zero attached hydrogens (tertiary/aromatic N) is 8. The Balaban J connectivity index is 0.689. The summed E-state index contributed by atoms with van der Waals surface area (Å²) in [6.07, 6.45) is 5.97. The van der Waals surface area contributed by atoms with Crippen LogP contribution >= 0.6 is 0 Å². The Kier molecular flexibility index (Phi) is 13.1. The fourth-order valence-corrected chi connectivity index (χ4v) is 11.6. The van der Waals surface area contributed by atoms with E-state index in [-0.39, 0.29) is 52.4 Å². The Morgan fingerprint density at radius 2 is 1.48 bits per heavy atom. The molecule has 5 aliphatic heterocycles. The number of aromatic nitrogens is 3. The summed E-state index contributed by atoms with van der Waals surface area (Å²) in [5.41, 5.74) is 3.84. The van der Waals surface area contributed by atoms with Crippen molar-refractivity contribution in [2.75, 3.05) is 76.2 Å². The molecule has 8 heterocycles. The van der Waals surface area contributed by atoms with E-state index in [4.69, 9.17) is 0 Å². The first-order valence-corrected chi connectivity index (χ1v) is 24.9. The summed E-state index contributed by atoms with van der Waals surface area (Å²) in [6, 6.07) is 12.6. The monoisotopic (exact) mass is 974 g/mol. The van der Waals surface area contributed by atoms with Crippen LogP contribution in [0.4, 0.5) is 24.5 Å². The predicted octanol–water partition coefficient (Wildman–Crippen LogP) is 5.66. The first-order valence-electron chi connectivity index (χ1n) is 24.9. The summed E-state index contributed by atoms with van der Waals surface area (Å²) >= 11 is 0. The van der Waals surface area contributed by atoms with Crippen molar-refractivity contribution >= 4 is 46.0 Å². The van der Waals surface area contributed by atoms with Gasteiger partial charge in [-0.25, -0.2) is 18.2 Å². The third-order valence-electron chi connectivity index (χ3n) is 15.8. The number of amides is 4. The molecule has 4 amide bonds. The molecule has 18 heteroatoms. The minimum Gasteiger partial charge on any atom is -0.386 e.